The van der Waals surface area contributed by atoms with Crippen LogP contribution < -0.4 is 14.2 Å². The first-order valence-electron chi connectivity index (χ1n) is 8.29. The topological polar surface area (TPSA) is 27.7 Å². The van der Waals surface area contributed by atoms with Crippen molar-refractivity contribution < 1.29 is 14.2 Å². The Morgan fingerprint density at radius 1 is 0.667 bits per heavy atom. The fourth-order valence-electron chi connectivity index (χ4n) is 2.04. The maximum absolute atomic E-state index is 5.31. The molecule has 3 nitrogen and oxygen atoms in total. The van der Waals surface area contributed by atoms with Crippen LogP contribution in [0.3, 0.4) is 0 Å². The van der Waals surface area contributed by atoms with Gasteiger partial charge in [0, 0.05) is 12.0 Å². The average Bonchev–Trinajstić information content (AvgIpc) is 3.19. The molecule has 2 heterocycles. The molecule has 0 spiro atoms. The van der Waals surface area contributed by atoms with Gasteiger partial charge in [-0.05, 0) is 24.8 Å². The van der Waals surface area contributed by atoms with Gasteiger partial charge in [0.05, 0.1) is 0 Å². The van der Waals surface area contributed by atoms with Gasteiger partial charge in [-0.15, -0.1) is 0 Å². The highest BCUT2D eigenvalue weighted by molar-refractivity contribution is 5.44. The minimum Gasteiger partial charge on any atom is -0.462 e. The number of ether oxygens (including phenoxy) is 3. The minimum atomic E-state index is 0.348. The van der Waals surface area contributed by atoms with Gasteiger partial charge in [-0.1, -0.05) is 64.6 Å². The van der Waals surface area contributed by atoms with Crippen LogP contribution in [0, 0.1) is 0 Å². The SMILES string of the molecule is C=C1Cc2ccccc2O1.C=C1Oc2ccccc2O1.CC.CC. The Bertz CT molecular complexity index is 561. The number of rotatable bonds is 0. The second kappa shape index (κ2) is 10.2. The van der Waals surface area contributed by atoms with Crippen LogP contribution in [0.25, 0.3) is 0 Å². The molecule has 24 heavy (non-hydrogen) atoms. The Labute approximate surface area is 145 Å². The summed E-state index contributed by atoms with van der Waals surface area (Å²) in [7, 11) is 0. The third kappa shape index (κ3) is 5.20. The maximum Gasteiger partial charge on any atom is 0.282 e. The zero-order valence-corrected chi connectivity index (χ0v) is 15.0. The van der Waals surface area contributed by atoms with E-state index in [4.69, 9.17) is 14.2 Å². The molecule has 0 aliphatic carbocycles. The Morgan fingerprint density at radius 2 is 1.12 bits per heavy atom. The van der Waals surface area contributed by atoms with Crippen molar-refractivity contribution in [3.8, 4) is 17.2 Å². The first kappa shape index (κ1) is 19.4. The minimum absolute atomic E-state index is 0.348. The molecular formula is C21H26O3. The lowest BCUT2D eigenvalue weighted by Crippen LogP contribution is -1.88. The Morgan fingerprint density at radius 3 is 1.62 bits per heavy atom. The van der Waals surface area contributed by atoms with Gasteiger partial charge in [0.15, 0.2) is 11.5 Å². The van der Waals surface area contributed by atoms with Gasteiger partial charge in [0.2, 0.25) is 0 Å². The zero-order valence-electron chi connectivity index (χ0n) is 15.0. The van der Waals surface area contributed by atoms with E-state index in [-0.39, 0.29) is 0 Å². The molecule has 0 N–H and O–H groups in total. The van der Waals surface area contributed by atoms with E-state index in [2.05, 4.69) is 19.2 Å². The lowest BCUT2D eigenvalue weighted by molar-refractivity contribution is 0.290. The molecule has 0 bridgehead atoms. The summed E-state index contributed by atoms with van der Waals surface area (Å²) in [6, 6.07) is 15.5. The van der Waals surface area contributed by atoms with Crippen molar-refractivity contribution in [2.24, 2.45) is 0 Å². The molecular weight excluding hydrogens is 300 g/mol. The second-order valence-electron chi connectivity index (χ2n) is 4.45. The lowest BCUT2D eigenvalue weighted by atomic mass is 10.2. The monoisotopic (exact) mass is 326 g/mol. The van der Waals surface area contributed by atoms with Crippen LogP contribution in [0.4, 0.5) is 0 Å². The van der Waals surface area contributed by atoms with E-state index in [0.29, 0.717) is 5.95 Å². The molecule has 0 aromatic heterocycles. The van der Waals surface area contributed by atoms with Crippen molar-refractivity contribution in [2.45, 2.75) is 34.1 Å². The Balaban J connectivity index is 0.000000199. The number of benzene rings is 2. The summed E-state index contributed by atoms with van der Waals surface area (Å²) in [5.74, 6) is 3.65. The number of allylic oxidation sites excluding steroid dienone is 1. The summed E-state index contributed by atoms with van der Waals surface area (Å²) >= 11 is 0. The van der Waals surface area contributed by atoms with Gasteiger partial charge >= 0.3 is 0 Å². The molecule has 0 fully saturated rings. The van der Waals surface area contributed by atoms with Gasteiger partial charge in [-0.2, -0.15) is 0 Å². The van der Waals surface area contributed by atoms with Crippen molar-refractivity contribution in [3.63, 3.8) is 0 Å². The molecule has 3 heteroatoms. The molecule has 0 radical (unpaired) electrons. The zero-order chi connectivity index (χ0) is 17.9. The van der Waals surface area contributed by atoms with Crippen molar-refractivity contribution in [1.29, 1.82) is 0 Å². The first-order valence-corrected chi connectivity index (χ1v) is 8.29. The predicted molar refractivity (Wildman–Crippen MR) is 99.4 cm³/mol. The quantitative estimate of drug-likeness (QED) is 0.584. The van der Waals surface area contributed by atoms with Crippen molar-refractivity contribution >= 4 is 0 Å². The molecule has 128 valence electrons. The van der Waals surface area contributed by atoms with E-state index < -0.39 is 0 Å². The highest BCUT2D eigenvalue weighted by atomic mass is 16.7. The molecule has 0 amide bonds. The van der Waals surface area contributed by atoms with Gasteiger partial charge in [-0.25, -0.2) is 0 Å². The predicted octanol–water partition coefficient (Wildman–Crippen LogP) is 6.12. The van der Waals surface area contributed by atoms with E-state index in [9.17, 15) is 0 Å². The van der Waals surface area contributed by atoms with Crippen LogP contribution >= 0.6 is 0 Å². The normalized spacial score (nSPS) is 12.3. The molecule has 0 saturated carbocycles. The third-order valence-electron chi connectivity index (χ3n) is 2.91. The van der Waals surface area contributed by atoms with Crippen LogP contribution in [-0.4, -0.2) is 0 Å². The highest BCUT2D eigenvalue weighted by Crippen LogP contribution is 2.34. The smallest absolute Gasteiger partial charge is 0.282 e. The summed E-state index contributed by atoms with van der Waals surface area (Å²) in [6.07, 6.45) is 0.871. The summed E-state index contributed by atoms with van der Waals surface area (Å²) in [6.45, 7) is 15.3. The first-order chi connectivity index (χ1) is 11.7. The van der Waals surface area contributed by atoms with Gasteiger partial charge in [0.25, 0.3) is 5.95 Å². The van der Waals surface area contributed by atoms with E-state index in [1.807, 2.05) is 70.2 Å². The van der Waals surface area contributed by atoms with Gasteiger partial charge in [-0.3, -0.25) is 0 Å². The standard InChI is InChI=1S/C9H8O.C8H6O2.2C2H6/c1-7-6-8-4-2-3-5-9(8)10-7;1-6-9-7-4-2-3-5-8(7)10-6;2*1-2/h2-5H,1,6H2;2-5H,1H2;2*1-2H3. The van der Waals surface area contributed by atoms with Crippen LogP contribution in [-0.2, 0) is 6.42 Å². The fraction of sp³-hybridized carbons (Fsp3) is 0.238. The molecule has 0 unspecified atom stereocenters. The van der Waals surface area contributed by atoms with Crippen LogP contribution in [0.1, 0.15) is 33.3 Å². The van der Waals surface area contributed by atoms with E-state index in [1.165, 1.54) is 5.56 Å². The summed E-state index contributed by atoms with van der Waals surface area (Å²) in [5, 5.41) is 0. The van der Waals surface area contributed by atoms with Gasteiger partial charge < -0.3 is 14.2 Å². The largest absolute Gasteiger partial charge is 0.462 e. The van der Waals surface area contributed by atoms with Crippen molar-refractivity contribution in [3.05, 3.63) is 79.0 Å². The second-order valence-corrected chi connectivity index (χ2v) is 4.45. The molecule has 4 rings (SSSR count). The number of hydrogen-bond acceptors (Lipinski definition) is 3. The molecule has 0 saturated heterocycles. The average molecular weight is 326 g/mol. The fourth-order valence-corrected chi connectivity index (χ4v) is 2.04. The third-order valence-corrected chi connectivity index (χ3v) is 2.91. The highest BCUT2D eigenvalue weighted by Gasteiger charge is 2.15. The number of fused-ring (bicyclic) bond motifs is 2. The maximum atomic E-state index is 5.31. The molecule has 2 aliphatic heterocycles. The Kier molecular flexibility index (Phi) is 8.20. The van der Waals surface area contributed by atoms with Gasteiger partial charge in [0.1, 0.15) is 11.5 Å². The van der Waals surface area contributed by atoms with Crippen LogP contribution in [0.15, 0.2) is 73.4 Å². The van der Waals surface area contributed by atoms with E-state index in [1.54, 1.807) is 0 Å². The van der Waals surface area contributed by atoms with Crippen LogP contribution in [0.5, 0.6) is 17.2 Å². The molecule has 2 aromatic rings. The summed E-state index contributed by atoms with van der Waals surface area (Å²) in [4.78, 5) is 0. The molecule has 2 aliphatic rings. The molecule has 2 aromatic carbocycles. The summed E-state index contributed by atoms with van der Waals surface area (Å²) in [5.41, 5.74) is 1.24. The Hall–Kier alpha value is -2.68. The van der Waals surface area contributed by atoms with E-state index >= 15 is 0 Å². The summed E-state index contributed by atoms with van der Waals surface area (Å²) < 4.78 is 15.5. The number of para-hydroxylation sites is 3. The van der Waals surface area contributed by atoms with Crippen molar-refractivity contribution in [2.75, 3.05) is 0 Å². The molecule has 0 atom stereocenters. The number of hydrogen-bond donors (Lipinski definition) is 0. The van der Waals surface area contributed by atoms with Crippen LogP contribution in [0.2, 0.25) is 0 Å². The lowest BCUT2D eigenvalue weighted by Gasteiger charge is -1.94. The van der Waals surface area contributed by atoms with E-state index in [0.717, 1.165) is 29.4 Å². The van der Waals surface area contributed by atoms with Crippen molar-refractivity contribution in [1.82, 2.24) is 0 Å².